The molecule has 1 aliphatic heterocycles. The summed E-state index contributed by atoms with van der Waals surface area (Å²) in [6, 6.07) is 7.36. The predicted molar refractivity (Wildman–Crippen MR) is 102 cm³/mol. The summed E-state index contributed by atoms with van der Waals surface area (Å²) in [5, 5.41) is 0. The predicted octanol–water partition coefficient (Wildman–Crippen LogP) is 2.15. The standard InChI is InChI=1S/C19H23N3O5S/c1-13-11-17(14(2)27-13)19(24)21-20-18(23)15-7-6-8-16(12-15)28(25,26)22-9-4-3-5-10-22/h6-8,11-12H,3-5,9-10H2,1-2H3,(H,20,23)(H,21,24). The molecule has 8 nitrogen and oxygen atoms in total. The molecule has 2 amide bonds. The number of furan rings is 1. The van der Waals surface area contributed by atoms with Crippen LogP contribution < -0.4 is 10.9 Å². The fourth-order valence-corrected chi connectivity index (χ4v) is 4.72. The van der Waals surface area contributed by atoms with Gasteiger partial charge in [0.2, 0.25) is 10.0 Å². The third-order valence-electron chi connectivity index (χ3n) is 4.62. The molecule has 1 aromatic heterocycles. The Kier molecular flexibility index (Phi) is 5.85. The van der Waals surface area contributed by atoms with E-state index >= 15 is 0 Å². The van der Waals surface area contributed by atoms with E-state index in [-0.39, 0.29) is 10.5 Å². The molecule has 2 heterocycles. The van der Waals surface area contributed by atoms with Crippen LogP contribution in [0.1, 0.15) is 51.5 Å². The van der Waals surface area contributed by atoms with Gasteiger partial charge in [-0.25, -0.2) is 8.42 Å². The molecule has 3 rings (SSSR count). The van der Waals surface area contributed by atoms with Gasteiger partial charge in [0.25, 0.3) is 11.8 Å². The molecule has 0 radical (unpaired) electrons. The summed E-state index contributed by atoms with van der Waals surface area (Å²) in [6.07, 6.45) is 2.68. The molecule has 1 aromatic carbocycles. The summed E-state index contributed by atoms with van der Waals surface area (Å²) in [4.78, 5) is 24.6. The van der Waals surface area contributed by atoms with Crippen LogP contribution in [-0.2, 0) is 10.0 Å². The van der Waals surface area contributed by atoms with E-state index in [9.17, 15) is 18.0 Å². The van der Waals surface area contributed by atoms with Crippen LogP contribution in [0.4, 0.5) is 0 Å². The first kappa shape index (κ1) is 20.1. The van der Waals surface area contributed by atoms with Crippen molar-refractivity contribution in [2.75, 3.05) is 13.1 Å². The number of hydrazine groups is 1. The van der Waals surface area contributed by atoms with Gasteiger partial charge in [-0.3, -0.25) is 20.4 Å². The van der Waals surface area contributed by atoms with Crippen molar-refractivity contribution in [2.24, 2.45) is 0 Å². The minimum absolute atomic E-state index is 0.0645. The van der Waals surface area contributed by atoms with Crippen LogP contribution in [0.15, 0.2) is 39.6 Å². The third kappa shape index (κ3) is 4.26. The van der Waals surface area contributed by atoms with Crippen molar-refractivity contribution < 1.29 is 22.4 Å². The smallest absolute Gasteiger partial charge is 0.273 e. The van der Waals surface area contributed by atoms with Gasteiger partial charge in [0.1, 0.15) is 11.5 Å². The molecule has 0 atom stereocenters. The fourth-order valence-electron chi connectivity index (χ4n) is 3.16. The number of rotatable bonds is 4. The first-order valence-electron chi connectivity index (χ1n) is 9.07. The van der Waals surface area contributed by atoms with E-state index in [0.717, 1.165) is 19.3 Å². The molecule has 1 fully saturated rings. The second kappa shape index (κ2) is 8.15. The number of carbonyl (C=O) groups excluding carboxylic acids is 2. The molecule has 0 saturated carbocycles. The van der Waals surface area contributed by atoms with Gasteiger partial charge in [-0.1, -0.05) is 12.5 Å². The lowest BCUT2D eigenvalue weighted by Crippen LogP contribution is -2.41. The van der Waals surface area contributed by atoms with E-state index in [0.29, 0.717) is 30.2 Å². The Balaban J connectivity index is 1.70. The van der Waals surface area contributed by atoms with E-state index in [1.165, 1.54) is 28.6 Å². The van der Waals surface area contributed by atoms with E-state index in [2.05, 4.69) is 10.9 Å². The minimum Gasteiger partial charge on any atom is -0.466 e. The van der Waals surface area contributed by atoms with Crippen LogP contribution in [0.3, 0.4) is 0 Å². The zero-order valence-corrected chi connectivity index (χ0v) is 16.6. The van der Waals surface area contributed by atoms with E-state index in [4.69, 9.17) is 4.42 Å². The van der Waals surface area contributed by atoms with E-state index < -0.39 is 21.8 Å². The van der Waals surface area contributed by atoms with Crippen molar-refractivity contribution in [2.45, 2.75) is 38.0 Å². The molecule has 1 aliphatic rings. The van der Waals surface area contributed by atoms with Crippen LogP contribution >= 0.6 is 0 Å². The molecule has 0 spiro atoms. The van der Waals surface area contributed by atoms with Crippen LogP contribution in [0.5, 0.6) is 0 Å². The van der Waals surface area contributed by atoms with Gasteiger partial charge in [0.15, 0.2) is 0 Å². The largest absolute Gasteiger partial charge is 0.466 e. The number of piperidine rings is 1. The molecule has 150 valence electrons. The molecule has 0 unspecified atom stereocenters. The zero-order valence-electron chi connectivity index (χ0n) is 15.8. The molecule has 0 bridgehead atoms. The van der Waals surface area contributed by atoms with Gasteiger partial charge in [0, 0.05) is 18.7 Å². The number of hydrogen-bond donors (Lipinski definition) is 2. The molecular weight excluding hydrogens is 382 g/mol. The van der Waals surface area contributed by atoms with Crippen LogP contribution in [0, 0.1) is 13.8 Å². The van der Waals surface area contributed by atoms with E-state index in [1.807, 2.05) is 0 Å². The summed E-state index contributed by atoms with van der Waals surface area (Å²) >= 11 is 0. The number of sulfonamides is 1. The van der Waals surface area contributed by atoms with Gasteiger partial charge in [-0.15, -0.1) is 0 Å². The maximum Gasteiger partial charge on any atom is 0.273 e. The highest BCUT2D eigenvalue weighted by molar-refractivity contribution is 7.89. The van der Waals surface area contributed by atoms with Gasteiger partial charge < -0.3 is 4.42 Å². The maximum atomic E-state index is 12.8. The first-order valence-corrected chi connectivity index (χ1v) is 10.5. The monoisotopic (exact) mass is 405 g/mol. The number of amides is 2. The second-order valence-electron chi connectivity index (χ2n) is 6.73. The summed E-state index contributed by atoms with van der Waals surface area (Å²) < 4.78 is 32.3. The maximum absolute atomic E-state index is 12.8. The highest BCUT2D eigenvalue weighted by Gasteiger charge is 2.26. The number of benzene rings is 1. The van der Waals surface area contributed by atoms with Crippen molar-refractivity contribution in [3.05, 3.63) is 53.0 Å². The van der Waals surface area contributed by atoms with Crippen LogP contribution in [-0.4, -0.2) is 37.6 Å². The lowest BCUT2D eigenvalue weighted by molar-refractivity contribution is 0.0845. The highest BCUT2D eigenvalue weighted by Crippen LogP contribution is 2.21. The van der Waals surface area contributed by atoms with Crippen molar-refractivity contribution in [3.8, 4) is 0 Å². The Morgan fingerprint density at radius 2 is 1.68 bits per heavy atom. The topological polar surface area (TPSA) is 109 Å². The number of carbonyl (C=O) groups is 2. The van der Waals surface area contributed by atoms with Crippen molar-refractivity contribution in [3.63, 3.8) is 0 Å². The molecule has 2 aromatic rings. The summed E-state index contributed by atoms with van der Waals surface area (Å²) in [7, 11) is -3.64. The highest BCUT2D eigenvalue weighted by atomic mass is 32.2. The molecular formula is C19H23N3O5S. The lowest BCUT2D eigenvalue weighted by Gasteiger charge is -2.26. The Labute approximate surface area is 163 Å². The summed E-state index contributed by atoms with van der Waals surface area (Å²) in [5.41, 5.74) is 5.07. The molecule has 0 aliphatic carbocycles. The average molecular weight is 405 g/mol. The van der Waals surface area contributed by atoms with Crippen LogP contribution in [0.25, 0.3) is 0 Å². The fraction of sp³-hybridized carbons (Fsp3) is 0.368. The molecule has 28 heavy (non-hydrogen) atoms. The van der Waals surface area contributed by atoms with Gasteiger partial charge in [0.05, 0.1) is 10.5 Å². The second-order valence-corrected chi connectivity index (χ2v) is 8.67. The lowest BCUT2D eigenvalue weighted by atomic mass is 10.2. The van der Waals surface area contributed by atoms with Crippen LogP contribution in [0.2, 0.25) is 0 Å². The molecule has 1 saturated heterocycles. The number of hydrogen-bond acceptors (Lipinski definition) is 5. The Morgan fingerprint density at radius 3 is 2.32 bits per heavy atom. The van der Waals surface area contributed by atoms with Gasteiger partial charge >= 0.3 is 0 Å². The normalized spacial score (nSPS) is 15.2. The van der Waals surface area contributed by atoms with Gasteiger partial charge in [-0.05, 0) is 51.0 Å². The average Bonchev–Trinajstić information content (AvgIpc) is 3.04. The quantitative estimate of drug-likeness (QED) is 0.758. The van der Waals surface area contributed by atoms with Crippen molar-refractivity contribution in [1.29, 1.82) is 0 Å². The van der Waals surface area contributed by atoms with Gasteiger partial charge in [-0.2, -0.15) is 4.31 Å². The van der Waals surface area contributed by atoms with E-state index in [1.54, 1.807) is 19.9 Å². The SMILES string of the molecule is Cc1cc(C(=O)NNC(=O)c2cccc(S(=O)(=O)N3CCCCC3)c2)c(C)o1. The zero-order chi connectivity index (χ0) is 20.3. The first-order chi connectivity index (χ1) is 13.3. The summed E-state index contributed by atoms with van der Waals surface area (Å²) in [5.74, 6) is -0.0924. The number of nitrogens with one attached hydrogen (secondary N) is 2. The third-order valence-corrected chi connectivity index (χ3v) is 6.52. The Morgan fingerprint density at radius 1 is 1.00 bits per heavy atom. The molecule has 2 N–H and O–H groups in total. The minimum atomic E-state index is -3.64. The number of nitrogens with zero attached hydrogens (tertiary/aromatic N) is 1. The Hall–Kier alpha value is -2.65. The summed E-state index contributed by atoms with van der Waals surface area (Å²) in [6.45, 7) is 4.34. The molecule has 9 heteroatoms. The van der Waals surface area contributed by atoms with Crippen molar-refractivity contribution >= 4 is 21.8 Å². The van der Waals surface area contributed by atoms with Crippen molar-refractivity contribution in [1.82, 2.24) is 15.2 Å². The number of aryl methyl sites for hydroxylation is 2. The Bertz CT molecular complexity index is 991.